The summed E-state index contributed by atoms with van der Waals surface area (Å²) in [6.45, 7) is 2.16. The number of aromatic nitrogens is 5. The number of halogens is 1. The minimum Gasteiger partial charge on any atom is -0.488 e. The molecule has 0 aliphatic heterocycles. The van der Waals surface area contributed by atoms with E-state index in [0.717, 1.165) is 27.3 Å². The molecule has 4 rings (SSSR count). The maximum Gasteiger partial charge on any atom is 0.368 e. The number of hydrogen-bond acceptors (Lipinski definition) is 5. The maximum absolute atomic E-state index is 12.2. The molecule has 0 fully saturated rings. The summed E-state index contributed by atoms with van der Waals surface area (Å²) in [4.78, 5) is 16.6. The van der Waals surface area contributed by atoms with Crippen molar-refractivity contribution < 1.29 is 4.74 Å². The highest BCUT2D eigenvalue weighted by Gasteiger charge is 2.15. The van der Waals surface area contributed by atoms with Gasteiger partial charge in [-0.2, -0.15) is 9.36 Å². The highest BCUT2D eigenvalue weighted by molar-refractivity contribution is 6.31. The van der Waals surface area contributed by atoms with Gasteiger partial charge in [-0.05, 0) is 65.4 Å². The Morgan fingerprint density at radius 3 is 2.62 bits per heavy atom. The molecule has 2 aromatic heterocycles. The fraction of sp³-hybridized carbons (Fsp3) is 0.143. The van der Waals surface area contributed by atoms with Gasteiger partial charge in [0, 0.05) is 29.4 Å². The van der Waals surface area contributed by atoms with E-state index in [4.69, 9.17) is 16.3 Å². The van der Waals surface area contributed by atoms with E-state index >= 15 is 0 Å². The van der Waals surface area contributed by atoms with Gasteiger partial charge in [-0.15, -0.1) is 0 Å². The molecule has 0 unspecified atom stereocenters. The predicted octanol–water partition coefficient (Wildman–Crippen LogP) is 3.57. The molecule has 2 aromatic carbocycles. The zero-order chi connectivity index (χ0) is 20.4. The molecule has 0 atom stereocenters. The van der Waals surface area contributed by atoms with Gasteiger partial charge in [0.15, 0.2) is 0 Å². The van der Waals surface area contributed by atoms with Crippen LogP contribution in [-0.2, 0) is 13.7 Å². The Bertz CT molecular complexity index is 1220. The second-order valence-corrected chi connectivity index (χ2v) is 6.93. The maximum atomic E-state index is 12.2. The summed E-state index contributed by atoms with van der Waals surface area (Å²) in [5.41, 5.74) is 3.73. The number of aryl methyl sites for hydroxylation is 2. The Morgan fingerprint density at radius 2 is 1.93 bits per heavy atom. The number of ether oxygens (including phenoxy) is 1. The van der Waals surface area contributed by atoms with Gasteiger partial charge in [-0.25, -0.2) is 4.79 Å². The minimum atomic E-state index is -0.357. The van der Waals surface area contributed by atoms with Crippen molar-refractivity contribution in [3.05, 3.63) is 87.4 Å². The van der Waals surface area contributed by atoms with Gasteiger partial charge >= 0.3 is 5.69 Å². The normalized spacial score (nSPS) is 10.9. The van der Waals surface area contributed by atoms with Crippen LogP contribution in [0.5, 0.6) is 5.75 Å². The largest absolute Gasteiger partial charge is 0.488 e. The van der Waals surface area contributed by atoms with E-state index in [-0.39, 0.29) is 12.3 Å². The van der Waals surface area contributed by atoms with Gasteiger partial charge in [0.05, 0.1) is 11.4 Å². The zero-order valence-electron chi connectivity index (χ0n) is 15.9. The molecule has 0 N–H and O–H groups in total. The lowest BCUT2D eigenvalue weighted by Gasteiger charge is -2.14. The Kier molecular flexibility index (Phi) is 5.14. The predicted molar refractivity (Wildman–Crippen MR) is 110 cm³/mol. The summed E-state index contributed by atoms with van der Waals surface area (Å²) in [6, 6.07) is 17.0. The van der Waals surface area contributed by atoms with Crippen LogP contribution in [0.2, 0.25) is 5.02 Å². The third-order valence-corrected chi connectivity index (χ3v) is 4.91. The lowest BCUT2D eigenvalue weighted by atomic mass is 10.1. The smallest absolute Gasteiger partial charge is 0.368 e. The first-order chi connectivity index (χ1) is 14.0. The van der Waals surface area contributed by atoms with Crippen LogP contribution in [-0.4, -0.2) is 24.8 Å². The van der Waals surface area contributed by atoms with Gasteiger partial charge in [-0.3, -0.25) is 4.98 Å². The third-order valence-electron chi connectivity index (χ3n) is 4.55. The standard InChI is InChI=1S/C21H18ClN5O2/c1-14-12-15(18-7-3-4-11-23-18)9-10-20(14)29-13-16-17(22)6-5-8-19(16)27-21(28)26(2)24-25-27/h3-12H,13H2,1-2H3. The molecule has 0 bridgehead atoms. The van der Waals surface area contributed by atoms with Gasteiger partial charge < -0.3 is 4.74 Å². The second-order valence-electron chi connectivity index (χ2n) is 6.52. The summed E-state index contributed by atoms with van der Waals surface area (Å²) >= 11 is 6.39. The van der Waals surface area contributed by atoms with Crippen molar-refractivity contribution in [1.82, 2.24) is 24.8 Å². The monoisotopic (exact) mass is 407 g/mol. The summed E-state index contributed by atoms with van der Waals surface area (Å²) in [7, 11) is 1.54. The van der Waals surface area contributed by atoms with E-state index in [0.29, 0.717) is 16.3 Å². The van der Waals surface area contributed by atoms with Crippen LogP contribution in [0.3, 0.4) is 0 Å². The first-order valence-corrected chi connectivity index (χ1v) is 9.34. The molecule has 29 heavy (non-hydrogen) atoms. The Morgan fingerprint density at radius 1 is 1.07 bits per heavy atom. The van der Waals surface area contributed by atoms with E-state index in [1.54, 1.807) is 31.4 Å². The molecule has 0 aliphatic rings. The Balaban J connectivity index is 1.62. The van der Waals surface area contributed by atoms with Crippen LogP contribution < -0.4 is 10.4 Å². The Hall–Kier alpha value is -3.45. The average Bonchev–Trinajstić information content (AvgIpc) is 3.07. The lowest BCUT2D eigenvalue weighted by molar-refractivity contribution is 0.303. The SMILES string of the molecule is Cc1cc(-c2ccccn2)ccc1OCc1c(Cl)cccc1-n1nnn(C)c1=O. The van der Waals surface area contributed by atoms with Crippen LogP contribution in [0.25, 0.3) is 16.9 Å². The van der Waals surface area contributed by atoms with Crippen LogP contribution in [0, 0.1) is 6.92 Å². The molecule has 0 amide bonds. The van der Waals surface area contributed by atoms with Gasteiger partial charge in [0.2, 0.25) is 0 Å². The molecule has 7 nitrogen and oxygen atoms in total. The summed E-state index contributed by atoms with van der Waals surface area (Å²) in [5.74, 6) is 0.724. The van der Waals surface area contributed by atoms with Crippen molar-refractivity contribution in [3.8, 4) is 22.7 Å². The summed E-state index contributed by atoms with van der Waals surface area (Å²) < 4.78 is 8.40. The molecule has 0 saturated heterocycles. The van der Waals surface area contributed by atoms with E-state index in [1.165, 1.54) is 4.68 Å². The molecular weight excluding hydrogens is 390 g/mol. The average molecular weight is 408 g/mol. The van der Waals surface area contributed by atoms with Crippen molar-refractivity contribution in [3.63, 3.8) is 0 Å². The highest BCUT2D eigenvalue weighted by atomic mass is 35.5. The van der Waals surface area contributed by atoms with Crippen LogP contribution in [0.4, 0.5) is 0 Å². The van der Waals surface area contributed by atoms with E-state index in [9.17, 15) is 4.79 Å². The fourth-order valence-electron chi connectivity index (χ4n) is 3.01. The van der Waals surface area contributed by atoms with Gasteiger partial charge in [0.25, 0.3) is 0 Å². The molecule has 0 aliphatic carbocycles. The molecule has 0 spiro atoms. The number of hydrogen-bond donors (Lipinski definition) is 0. The molecule has 4 aromatic rings. The zero-order valence-corrected chi connectivity index (χ0v) is 16.7. The van der Waals surface area contributed by atoms with Gasteiger partial charge in [0.1, 0.15) is 12.4 Å². The van der Waals surface area contributed by atoms with E-state index in [2.05, 4.69) is 15.4 Å². The number of nitrogens with zero attached hydrogens (tertiary/aromatic N) is 5. The van der Waals surface area contributed by atoms with Crippen LogP contribution in [0.15, 0.2) is 65.6 Å². The minimum absolute atomic E-state index is 0.182. The van der Waals surface area contributed by atoms with Gasteiger partial charge in [-0.1, -0.05) is 23.7 Å². The number of benzene rings is 2. The quantitative estimate of drug-likeness (QED) is 0.505. The molecule has 0 saturated carbocycles. The fourth-order valence-corrected chi connectivity index (χ4v) is 3.23. The van der Waals surface area contributed by atoms with E-state index in [1.807, 2.05) is 43.3 Å². The summed E-state index contributed by atoms with van der Waals surface area (Å²) in [5, 5.41) is 8.15. The number of pyridine rings is 1. The van der Waals surface area contributed by atoms with Crippen molar-refractivity contribution in [2.45, 2.75) is 13.5 Å². The molecule has 2 heterocycles. The first kappa shape index (κ1) is 18.9. The topological polar surface area (TPSA) is 74.8 Å². The summed E-state index contributed by atoms with van der Waals surface area (Å²) in [6.07, 6.45) is 1.77. The van der Waals surface area contributed by atoms with Crippen molar-refractivity contribution >= 4 is 11.6 Å². The van der Waals surface area contributed by atoms with Crippen LogP contribution >= 0.6 is 11.6 Å². The molecular formula is C21H18ClN5O2. The van der Waals surface area contributed by atoms with Crippen molar-refractivity contribution in [2.24, 2.45) is 7.05 Å². The number of tetrazole rings is 1. The first-order valence-electron chi connectivity index (χ1n) is 8.96. The molecule has 0 radical (unpaired) electrons. The second kappa shape index (κ2) is 7.89. The Labute approximate surface area is 172 Å². The molecule has 8 heteroatoms. The molecule has 146 valence electrons. The van der Waals surface area contributed by atoms with Crippen LogP contribution in [0.1, 0.15) is 11.1 Å². The highest BCUT2D eigenvalue weighted by Crippen LogP contribution is 2.28. The van der Waals surface area contributed by atoms with Crippen molar-refractivity contribution in [1.29, 1.82) is 0 Å². The lowest BCUT2D eigenvalue weighted by Crippen LogP contribution is -2.23. The van der Waals surface area contributed by atoms with Crippen molar-refractivity contribution in [2.75, 3.05) is 0 Å². The number of rotatable bonds is 5. The third kappa shape index (κ3) is 3.77. The van der Waals surface area contributed by atoms with E-state index < -0.39 is 0 Å².